The van der Waals surface area contributed by atoms with E-state index < -0.39 is 18.0 Å². The van der Waals surface area contributed by atoms with Crippen molar-refractivity contribution in [3.8, 4) is 11.4 Å². The highest BCUT2D eigenvalue weighted by molar-refractivity contribution is 6.30. The van der Waals surface area contributed by atoms with E-state index >= 15 is 0 Å². The first-order valence-corrected chi connectivity index (χ1v) is 7.17. The lowest BCUT2D eigenvalue weighted by Gasteiger charge is -2.17. The number of halogens is 1. The fraction of sp³-hybridized carbons (Fsp3) is 0.267. The van der Waals surface area contributed by atoms with Crippen molar-refractivity contribution in [2.45, 2.75) is 26.4 Å². The van der Waals surface area contributed by atoms with Gasteiger partial charge in [-0.15, -0.1) is 0 Å². The molecule has 0 radical (unpaired) electrons. The van der Waals surface area contributed by atoms with Gasteiger partial charge < -0.3 is 9.57 Å². The Morgan fingerprint density at radius 2 is 1.91 bits per heavy atom. The minimum absolute atomic E-state index is 0.425. The fourth-order valence-corrected chi connectivity index (χ4v) is 2.46. The lowest BCUT2D eigenvalue weighted by atomic mass is 10.1. The van der Waals surface area contributed by atoms with Crippen molar-refractivity contribution in [2.75, 3.05) is 0 Å². The van der Waals surface area contributed by atoms with Crippen molar-refractivity contribution < 1.29 is 19.2 Å². The van der Waals surface area contributed by atoms with Crippen LogP contribution >= 0.6 is 11.6 Å². The van der Waals surface area contributed by atoms with Crippen molar-refractivity contribution >= 4 is 23.5 Å². The van der Waals surface area contributed by atoms with Gasteiger partial charge in [-0.1, -0.05) is 18.5 Å². The van der Waals surface area contributed by atoms with Gasteiger partial charge in [-0.3, -0.25) is 0 Å². The first-order valence-electron chi connectivity index (χ1n) is 6.79. The molecule has 2 heterocycles. The molecule has 3 rings (SSSR count). The number of cyclic esters (lactones) is 1. The molecule has 114 valence electrons. The molecule has 6 nitrogen and oxygen atoms in total. The molecule has 0 spiro atoms. The largest absolute Gasteiger partial charge is 0.447 e. The molecule has 2 aromatic rings. The monoisotopic (exact) mass is 320 g/mol. The Morgan fingerprint density at radius 1 is 1.23 bits per heavy atom. The number of benzene rings is 1. The Bertz CT molecular complexity index is 752. The van der Waals surface area contributed by atoms with E-state index in [1.165, 1.54) is 4.73 Å². The molecular weight excluding hydrogens is 308 g/mol. The number of ether oxygens (including phenoxy) is 1. The van der Waals surface area contributed by atoms with E-state index in [1.54, 1.807) is 31.2 Å². The highest BCUT2D eigenvalue weighted by Gasteiger charge is 2.33. The van der Waals surface area contributed by atoms with Crippen LogP contribution < -0.4 is 4.84 Å². The van der Waals surface area contributed by atoms with Crippen LogP contribution in [0.4, 0.5) is 0 Å². The lowest BCUT2D eigenvalue weighted by Crippen LogP contribution is -2.32. The number of aromatic nitrogens is 2. The van der Waals surface area contributed by atoms with Gasteiger partial charge >= 0.3 is 11.9 Å². The molecular formula is C15H13ClN2O4. The lowest BCUT2D eigenvalue weighted by molar-refractivity contribution is -0.172. The molecule has 22 heavy (non-hydrogen) atoms. The summed E-state index contributed by atoms with van der Waals surface area (Å²) in [6, 6.07) is 6.95. The standard InChI is InChI=1S/C15H13ClN2O4/c1-3-11-12-8(2)18(22-15(20)14(19)21-11)13(17-12)9-4-6-10(16)7-5-9/h4-7,11H,3H2,1-2H3. The van der Waals surface area contributed by atoms with Crippen molar-refractivity contribution in [1.29, 1.82) is 0 Å². The van der Waals surface area contributed by atoms with Crippen LogP contribution in [0.3, 0.4) is 0 Å². The second kappa shape index (κ2) is 5.46. The van der Waals surface area contributed by atoms with Crippen LogP contribution in [0.25, 0.3) is 11.4 Å². The summed E-state index contributed by atoms with van der Waals surface area (Å²) in [6.07, 6.45) is -0.0654. The number of imidazole rings is 1. The van der Waals surface area contributed by atoms with Gasteiger partial charge in [-0.2, -0.15) is 4.73 Å². The van der Waals surface area contributed by atoms with Crippen LogP contribution in [0, 0.1) is 6.92 Å². The molecule has 7 heteroatoms. The van der Waals surface area contributed by atoms with Crippen LogP contribution in [-0.4, -0.2) is 21.7 Å². The van der Waals surface area contributed by atoms with Crippen LogP contribution in [-0.2, 0) is 14.3 Å². The number of hydrogen-bond donors (Lipinski definition) is 0. The Morgan fingerprint density at radius 3 is 2.55 bits per heavy atom. The number of fused-ring (bicyclic) bond motifs is 2. The number of rotatable bonds is 2. The van der Waals surface area contributed by atoms with Crippen LogP contribution in [0.15, 0.2) is 24.3 Å². The zero-order chi connectivity index (χ0) is 15.9. The maximum absolute atomic E-state index is 11.8. The predicted molar refractivity (Wildman–Crippen MR) is 78.1 cm³/mol. The first kappa shape index (κ1) is 14.6. The number of hydrogen-bond acceptors (Lipinski definition) is 5. The molecule has 0 fully saturated rings. The van der Waals surface area contributed by atoms with Crippen LogP contribution in [0.5, 0.6) is 0 Å². The van der Waals surface area contributed by atoms with E-state index in [9.17, 15) is 9.59 Å². The second-order valence-corrected chi connectivity index (χ2v) is 5.32. The molecule has 1 atom stereocenters. The molecule has 0 saturated heterocycles. The van der Waals surface area contributed by atoms with Gasteiger partial charge in [0, 0.05) is 10.6 Å². The molecule has 1 aliphatic heterocycles. The summed E-state index contributed by atoms with van der Waals surface area (Å²) in [7, 11) is 0. The van der Waals surface area contributed by atoms with Gasteiger partial charge in [-0.05, 0) is 37.6 Å². The molecule has 0 N–H and O–H groups in total. The molecule has 2 bridgehead atoms. The van der Waals surface area contributed by atoms with Gasteiger partial charge in [0.1, 0.15) is 11.8 Å². The predicted octanol–water partition coefficient (Wildman–Crippen LogP) is 2.48. The molecule has 0 amide bonds. The van der Waals surface area contributed by atoms with Crippen molar-refractivity contribution in [3.63, 3.8) is 0 Å². The highest BCUT2D eigenvalue weighted by atomic mass is 35.5. The first-order chi connectivity index (χ1) is 10.5. The molecule has 1 aliphatic rings. The average molecular weight is 321 g/mol. The van der Waals surface area contributed by atoms with E-state index in [1.807, 2.05) is 6.92 Å². The Labute approximate surface area is 131 Å². The van der Waals surface area contributed by atoms with Crippen LogP contribution in [0.1, 0.15) is 30.8 Å². The summed E-state index contributed by atoms with van der Waals surface area (Å²) >= 11 is 5.88. The quantitative estimate of drug-likeness (QED) is 0.628. The van der Waals surface area contributed by atoms with E-state index in [2.05, 4.69) is 4.98 Å². The maximum atomic E-state index is 11.8. The minimum Gasteiger partial charge on any atom is -0.447 e. The van der Waals surface area contributed by atoms with Gasteiger partial charge in [0.2, 0.25) is 0 Å². The van der Waals surface area contributed by atoms with Gasteiger partial charge in [0.25, 0.3) is 0 Å². The van der Waals surface area contributed by atoms with E-state index in [0.717, 1.165) is 5.56 Å². The molecule has 1 aromatic carbocycles. The zero-order valence-corrected chi connectivity index (χ0v) is 12.8. The number of nitrogens with zero attached hydrogens (tertiary/aromatic N) is 2. The van der Waals surface area contributed by atoms with Crippen molar-refractivity contribution in [2.24, 2.45) is 0 Å². The van der Waals surface area contributed by atoms with Crippen molar-refractivity contribution in [1.82, 2.24) is 9.71 Å². The topological polar surface area (TPSA) is 70.4 Å². The fourth-order valence-electron chi connectivity index (χ4n) is 2.33. The Kier molecular flexibility index (Phi) is 3.62. The van der Waals surface area contributed by atoms with E-state index in [4.69, 9.17) is 21.2 Å². The zero-order valence-electron chi connectivity index (χ0n) is 12.0. The number of carbonyl (C=O) groups is 2. The minimum atomic E-state index is -1.07. The van der Waals surface area contributed by atoms with E-state index in [0.29, 0.717) is 28.7 Å². The number of esters is 1. The summed E-state index contributed by atoms with van der Waals surface area (Å²) in [4.78, 5) is 33.0. The highest BCUT2D eigenvalue weighted by Crippen LogP contribution is 2.30. The molecule has 0 aliphatic carbocycles. The van der Waals surface area contributed by atoms with Gasteiger partial charge in [0.05, 0.1) is 5.69 Å². The SMILES string of the molecule is CCC1OC(=O)C(=O)On2c(-c3ccc(Cl)cc3)nc1c2C. The Hall–Kier alpha value is -2.34. The summed E-state index contributed by atoms with van der Waals surface area (Å²) in [5.74, 6) is -1.66. The summed E-state index contributed by atoms with van der Waals surface area (Å²) in [6.45, 7) is 3.61. The summed E-state index contributed by atoms with van der Waals surface area (Å²) in [5.41, 5.74) is 1.92. The van der Waals surface area contributed by atoms with Crippen molar-refractivity contribution in [3.05, 3.63) is 40.7 Å². The normalized spacial score (nSPS) is 17.5. The molecule has 1 unspecified atom stereocenters. The smallest absolute Gasteiger partial charge is 0.442 e. The Balaban J connectivity index is 2.17. The maximum Gasteiger partial charge on any atom is 0.442 e. The third kappa shape index (κ3) is 2.35. The number of carbonyl (C=O) groups excluding carboxylic acids is 2. The third-order valence-corrected chi connectivity index (χ3v) is 3.71. The average Bonchev–Trinajstić information content (AvgIpc) is 2.84. The summed E-state index contributed by atoms with van der Waals surface area (Å²) < 4.78 is 6.40. The third-order valence-electron chi connectivity index (χ3n) is 3.46. The second-order valence-electron chi connectivity index (χ2n) is 4.89. The van der Waals surface area contributed by atoms with E-state index in [-0.39, 0.29) is 0 Å². The van der Waals surface area contributed by atoms with Gasteiger partial charge in [0.15, 0.2) is 5.82 Å². The molecule has 1 aromatic heterocycles. The summed E-state index contributed by atoms with van der Waals surface area (Å²) in [5, 5.41) is 0.588. The molecule has 0 saturated carbocycles. The van der Waals surface area contributed by atoms with Crippen LogP contribution in [0.2, 0.25) is 5.02 Å². The van der Waals surface area contributed by atoms with Gasteiger partial charge in [-0.25, -0.2) is 14.6 Å².